The van der Waals surface area contributed by atoms with Gasteiger partial charge in [0.2, 0.25) is 0 Å². The van der Waals surface area contributed by atoms with Crippen LogP contribution in [-0.2, 0) is 5.41 Å². The first-order chi connectivity index (χ1) is 12.9. The fraction of sp³-hybridized carbons (Fsp3) is 0.308. The Hall–Kier alpha value is -2.34. The zero-order valence-corrected chi connectivity index (χ0v) is 15.1. The molecule has 4 aliphatic rings. The second-order valence-electron chi connectivity index (χ2n) is 8.38. The minimum Gasteiger partial charge on any atom is -0.0622 e. The Balaban J connectivity index is 1.78. The first-order valence-corrected chi connectivity index (χ1v) is 10.2. The average Bonchev–Trinajstić information content (AvgIpc) is 2.74. The van der Waals surface area contributed by atoms with Crippen LogP contribution in [0.5, 0.6) is 0 Å². The van der Waals surface area contributed by atoms with Crippen LogP contribution >= 0.6 is 0 Å². The van der Waals surface area contributed by atoms with Crippen molar-refractivity contribution in [3.63, 3.8) is 0 Å². The molecule has 0 spiro atoms. The Morgan fingerprint density at radius 1 is 0.615 bits per heavy atom. The van der Waals surface area contributed by atoms with E-state index in [0.29, 0.717) is 5.92 Å². The topological polar surface area (TPSA) is 0 Å². The van der Waals surface area contributed by atoms with Gasteiger partial charge in [0.25, 0.3) is 0 Å². The minimum atomic E-state index is 0.0360. The minimum absolute atomic E-state index is 0.0360. The van der Waals surface area contributed by atoms with Gasteiger partial charge < -0.3 is 0 Å². The lowest BCUT2D eigenvalue weighted by atomic mass is 9.43. The Labute approximate surface area is 155 Å². The largest absolute Gasteiger partial charge is 0.0622 e. The molecule has 0 nitrogen and oxygen atoms in total. The van der Waals surface area contributed by atoms with Gasteiger partial charge in [-0.25, -0.2) is 0 Å². The van der Waals surface area contributed by atoms with E-state index >= 15 is 0 Å². The van der Waals surface area contributed by atoms with Crippen LogP contribution in [0.4, 0.5) is 0 Å². The highest BCUT2D eigenvalue weighted by Crippen LogP contribution is 2.66. The van der Waals surface area contributed by atoms with Crippen molar-refractivity contribution in [2.24, 2.45) is 11.8 Å². The highest BCUT2D eigenvalue weighted by molar-refractivity contribution is 5.66. The van der Waals surface area contributed by atoms with E-state index < -0.39 is 0 Å². The predicted molar refractivity (Wildman–Crippen MR) is 106 cm³/mol. The van der Waals surface area contributed by atoms with Crippen LogP contribution in [0.2, 0.25) is 0 Å². The maximum absolute atomic E-state index is 2.43. The second-order valence-corrected chi connectivity index (χ2v) is 8.38. The maximum atomic E-state index is 2.43. The molecule has 0 aromatic heterocycles. The summed E-state index contributed by atoms with van der Waals surface area (Å²) in [7, 11) is 0. The summed E-state index contributed by atoms with van der Waals surface area (Å²) in [6.07, 6.45) is 5.52. The summed E-state index contributed by atoms with van der Waals surface area (Å²) in [4.78, 5) is 0. The normalized spacial score (nSPS) is 31.0. The zero-order chi connectivity index (χ0) is 17.1. The van der Waals surface area contributed by atoms with Crippen LogP contribution in [-0.4, -0.2) is 0 Å². The molecule has 3 aromatic rings. The van der Waals surface area contributed by atoms with E-state index in [2.05, 4.69) is 78.9 Å². The lowest BCUT2D eigenvalue weighted by molar-refractivity contribution is 0.123. The lowest BCUT2D eigenvalue weighted by Gasteiger charge is -2.60. The smallest absolute Gasteiger partial charge is 0.0488 e. The second kappa shape index (κ2) is 5.33. The number of hydrogen-bond donors (Lipinski definition) is 0. The molecule has 0 N–H and O–H groups in total. The maximum Gasteiger partial charge on any atom is 0.0488 e. The summed E-state index contributed by atoms with van der Waals surface area (Å²) in [6.45, 7) is 0. The molecule has 128 valence electrons. The molecule has 2 atom stereocenters. The number of benzene rings is 3. The van der Waals surface area contributed by atoms with Gasteiger partial charge in [0.15, 0.2) is 0 Å². The molecule has 0 aliphatic heterocycles. The van der Waals surface area contributed by atoms with Gasteiger partial charge in [-0.15, -0.1) is 0 Å². The van der Waals surface area contributed by atoms with Crippen LogP contribution in [0.15, 0.2) is 78.9 Å². The Morgan fingerprint density at radius 2 is 1.19 bits per heavy atom. The zero-order valence-electron chi connectivity index (χ0n) is 15.1. The van der Waals surface area contributed by atoms with Crippen molar-refractivity contribution in [2.45, 2.75) is 37.0 Å². The summed E-state index contributed by atoms with van der Waals surface area (Å²) >= 11 is 0. The molecular weight excluding hydrogens is 312 g/mol. The molecule has 2 unspecified atom stereocenters. The first kappa shape index (κ1) is 14.8. The van der Waals surface area contributed by atoms with Crippen LogP contribution in [0.25, 0.3) is 0 Å². The fourth-order valence-electron chi connectivity index (χ4n) is 6.75. The van der Waals surface area contributed by atoms with E-state index in [9.17, 15) is 0 Å². The molecule has 4 aliphatic carbocycles. The third-order valence-electron chi connectivity index (χ3n) is 7.47. The summed E-state index contributed by atoms with van der Waals surface area (Å²) in [5.41, 5.74) is 7.89. The molecule has 0 heterocycles. The van der Waals surface area contributed by atoms with E-state index in [0.717, 1.165) is 11.8 Å². The molecule has 7 rings (SSSR count). The molecular formula is C26H24. The summed E-state index contributed by atoms with van der Waals surface area (Å²) in [6, 6.07) is 30.1. The number of hydrogen-bond acceptors (Lipinski definition) is 0. The van der Waals surface area contributed by atoms with Crippen LogP contribution in [0.3, 0.4) is 0 Å². The van der Waals surface area contributed by atoms with E-state index in [4.69, 9.17) is 0 Å². The Bertz CT molecular complexity index is 921. The van der Waals surface area contributed by atoms with Gasteiger partial charge in [0.1, 0.15) is 0 Å². The van der Waals surface area contributed by atoms with E-state index in [-0.39, 0.29) is 5.41 Å². The van der Waals surface area contributed by atoms with E-state index in [1.54, 1.807) is 22.3 Å². The molecule has 26 heavy (non-hydrogen) atoms. The van der Waals surface area contributed by atoms with Crippen molar-refractivity contribution < 1.29 is 0 Å². The van der Waals surface area contributed by atoms with Crippen molar-refractivity contribution in [1.29, 1.82) is 0 Å². The molecule has 0 radical (unpaired) electrons. The van der Waals surface area contributed by atoms with Gasteiger partial charge in [-0.3, -0.25) is 0 Å². The van der Waals surface area contributed by atoms with Crippen LogP contribution < -0.4 is 0 Å². The Morgan fingerprint density at radius 3 is 1.88 bits per heavy atom. The molecule has 3 aromatic carbocycles. The van der Waals surface area contributed by atoms with Gasteiger partial charge in [0, 0.05) is 11.3 Å². The fourth-order valence-corrected chi connectivity index (χ4v) is 6.75. The Kier molecular flexibility index (Phi) is 3.03. The van der Waals surface area contributed by atoms with Gasteiger partial charge in [0.05, 0.1) is 0 Å². The van der Waals surface area contributed by atoms with Crippen molar-refractivity contribution in [3.8, 4) is 0 Å². The standard InChI is InChI=1S/C26H24/c1-2-10-18(11-3-1)26-22-15-7-4-12-19(22)25(20-13-5-8-16-23(20)26)21-14-6-9-17-24(21)26/h1-5,7-8,10-13,15-16,21,24-25H,6,9,14,17H2. The van der Waals surface area contributed by atoms with Crippen LogP contribution in [0, 0.1) is 11.8 Å². The molecule has 0 heteroatoms. The van der Waals surface area contributed by atoms with E-state index in [1.165, 1.54) is 31.2 Å². The van der Waals surface area contributed by atoms with Crippen molar-refractivity contribution >= 4 is 0 Å². The van der Waals surface area contributed by atoms with Gasteiger partial charge in [-0.2, -0.15) is 0 Å². The SMILES string of the molecule is c1ccc(C23c4ccccc4C(c4ccccc42)C2CCCCC23)cc1. The monoisotopic (exact) mass is 336 g/mol. The van der Waals surface area contributed by atoms with Crippen molar-refractivity contribution in [1.82, 2.24) is 0 Å². The first-order valence-electron chi connectivity index (χ1n) is 10.2. The summed E-state index contributed by atoms with van der Waals surface area (Å²) in [5, 5.41) is 0. The quantitative estimate of drug-likeness (QED) is 0.490. The van der Waals surface area contributed by atoms with Crippen molar-refractivity contribution in [3.05, 3.63) is 107 Å². The molecule has 2 bridgehead atoms. The molecule has 1 fully saturated rings. The lowest BCUT2D eigenvalue weighted by Crippen LogP contribution is -2.53. The molecule has 1 saturated carbocycles. The van der Waals surface area contributed by atoms with E-state index in [1.807, 2.05) is 0 Å². The molecule has 0 saturated heterocycles. The third kappa shape index (κ3) is 1.66. The highest BCUT2D eigenvalue weighted by atomic mass is 14.6. The van der Waals surface area contributed by atoms with Gasteiger partial charge >= 0.3 is 0 Å². The average molecular weight is 336 g/mol. The summed E-state index contributed by atoms with van der Waals surface area (Å²) < 4.78 is 0. The highest BCUT2D eigenvalue weighted by Gasteiger charge is 2.59. The predicted octanol–water partition coefficient (Wildman–Crippen LogP) is 6.29. The van der Waals surface area contributed by atoms with Crippen LogP contribution in [0.1, 0.15) is 59.4 Å². The molecule has 0 amide bonds. The summed E-state index contributed by atoms with van der Waals surface area (Å²) in [5.74, 6) is 2.11. The van der Waals surface area contributed by atoms with Gasteiger partial charge in [-0.1, -0.05) is 91.7 Å². The third-order valence-corrected chi connectivity index (χ3v) is 7.47. The number of rotatable bonds is 1. The van der Waals surface area contributed by atoms with Crippen molar-refractivity contribution in [2.75, 3.05) is 0 Å². The van der Waals surface area contributed by atoms with Gasteiger partial charge in [-0.05, 0) is 52.5 Å².